The molecule has 0 aromatic heterocycles. The predicted octanol–water partition coefficient (Wildman–Crippen LogP) is 3.71. The monoisotopic (exact) mass is 432 g/mol. The Morgan fingerprint density at radius 3 is 1.94 bits per heavy atom. The fraction of sp³-hybridized carbons (Fsp3) is 0. The van der Waals surface area contributed by atoms with E-state index in [1.165, 1.54) is 42.8 Å². The van der Waals surface area contributed by atoms with Gasteiger partial charge in [0.1, 0.15) is 0 Å². The van der Waals surface area contributed by atoms with Crippen LogP contribution in [0.3, 0.4) is 0 Å². The molecule has 160 valence electrons. The number of rotatable bonds is 8. The number of hydrogen-bond donors (Lipinski definition) is 2. The summed E-state index contributed by atoms with van der Waals surface area (Å²) in [7, 11) is 0. The molecule has 0 aliphatic heterocycles. The van der Waals surface area contributed by atoms with E-state index in [0.717, 1.165) is 0 Å². The normalized spacial score (nSPS) is 10.9. The molecule has 11 nitrogen and oxygen atoms in total. The second-order valence-electron chi connectivity index (χ2n) is 6.28. The third kappa shape index (κ3) is 5.57. The molecule has 3 rings (SSSR count). The van der Waals surface area contributed by atoms with E-state index in [1.807, 2.05) is 0 Å². The van der Waals surface area contributed by atoms with E-state index in [2.05, 4.69) is 21.1 Å². The van der Waals surface area contributed by atoms with Crippen molar-refractivity contribution in [1.29, 1.82) is 0 Å². The van der Waals surface area contributed by atoms with Crippen LogP contribution < -0.4 is 10.9 Å². The second-order valence-corrected chi connectivity index (χ2v) is 6.28. The number of benzene rings is 3. The molecule has 0 saturated heterocycles. The summed E-state index contributed by atoms with van der Waals surface area (Å²) in [5, 5.41) is 29.8. The Kier molecular flexibility index (Phi) is 6.94. The van der Waals surface area contributed by atoms with Gasteiger partial charge in [0.05, 0.1) is 39.1 Å². The Bertz CT molecular complexity index is 1220. The first-order chi connectivity index (χ1) is 15.5. The van der Waals surface area contributed by atoms with Crippen molar-refractivity contribution in [2.45, 2.75) is 0 Å². The van der Waals surface area contributed by atoms with Crippen LogP contribution in [0.4, 0.5) is 17.1 Å². The first kappa shape index (κ1) is 21.8. The van der Waals surface area contributed by atoms with Crippen LogP contribution in [0, 0.1) is 20.2 Å². The molecule has 0 aliphatic rings. The summed E-state index contributed by atoms with van der Waals surface area (Å²) in [6, 6.07) is 18.5. The molecule has 0 spiro atoms. The standard InChI is InChI=1S/C21H16N6O5/c28-21(25-23-14-17-7-2-4-11-20(17)27(31)32)15-8-5-9-18(12-15)24-22-13-16-6-1-3-10-19(16)26(29)30/h1-14,24H,(H,25,28)/b22-13-,23-14-. The molecule has 3 aromatic carbocycles. The van der Waals surface area contributed by atoms with Gasteiger partial charge in [-0.2, -0.15) is 10.2 Å². The molecule has 2 N–H and O–H groups in total. The lowest BCUT2D eigenvalue weighted by Crippen LogP contribution is -2.17. The van der Waals surface area contributed by atoms with Crippen LogP contribution in [0.5, 0.6) is 0 Å². The average molecular weight is 432 g/mol. The SMILES string of the molecule is O=C(N/N=C\c1ccccc1[N+](=O)[O-])c1cccc(N/N=C\c2ccccc2[N+](=O)[O-])c1. The maximum atomic E-state index is 12.3. The summed E-state index contributed by atoms with van der Waals surface area (Å²) in [6.45, 7) is 0. The maximum Gasteiger partial charge on any atom is 0.278 e. The van der Waals surface area contributed by atoms with Crippen molar-refractivity contribution in [2.24, 2.45) is 10.2 Å². The number of nitrogens with zero attached hydrogens (tertiary/aromatic N) is 4. The van der Waals surface area contributed by atoms with E-state index in [4.69, 9.17) is 0 Å². The van der Waals surface area contributed by atoms with Gasteiger partial charge in [0.15, 0.2) is 0 Å². The van der Waals surface area contributed by atoms with Crippen molar-refractivity contribution in [3.05, 3.63) is 110 Å². The molecule has 0 saturated carbocycles. The zero-order valence-corrected chi connectivity index (χ0v) is 16.4. The molecule has 0 bridgehead atoms. The summed E-state index contributed by atoms with van der Waals surface area (Å²) in [6.07, 6.45) is 2.50. The zero-order valence-electron chi connectivity index (χ0n) is 16.4. The minimum atomic E-state index is -0.539. The van der Waals surface area contributed by atoms with Gasteiger partial charge >= 0.3 is 0 Å². The molecule has 0 aliphatic carbocycles. The van der Waals surface area contributed by atoms with E-state index < -0.39 is 15.8 Å². The highest BCUT2D eigenvalue weighted by atomic mass is 16.6. The Hall–Kier alpha value is -4.93. The van der Waals surface area contributed by atoms with Crippen LogP contribution in [0.2, 0.25) is 0 Å². The third-order valence-corrected chi connectivity index (χ3v) is 4.16. The zero-order chi connectivity index (χ0) is 22.9. The number of para-hydroxylation sites is 2. The number of hydrazone groups is 2. The smallest absolute Gasteiger partial charge is 0.278 e. The average Bonchev–Trinajstić information content (AvgIpc) is 2.79. The van der Waals surface area contributed by atoms with Crippen LogP contribution in [0.25, 0.3) is 0 Å². The molecule has 11 heteroatoms. The third-order valence-electron chi connectivity index (χ3n) is 4.16. The fourth-order valence-electron chi connectivity index (χ4n) is 2.66. The quantitative estimate of drug-likeness (QED) is 0.314. The Morgan fingerprint density at radius 2 is 1.34 bits per heavy atom. The van der Waals surface area contributed by atoms with E-state index in [0.29, 0.717) is 11.3 Å². The first-order valence-electron chi connectivity index (χ1n) is 9.15. The van der Waals surface area contributed by atoms with E-state index in [1.54, 1.807) is 42.5 Å². The van der Waals surface area contributed by atoms with E-state index in [9.17, 15) is 25.0 Å². The van der Waals surface area contributed by atoms with Gasteiger partial charge < -0.3 is 0 Å². The molecule has 0 heterocycles. The van der Waals surface area contributed by atoms with Gasteiger partial charge in [0.2, 0.25) is 0 Å². The molecule has 0 atom stereocenters. The summed E-state index contributed by atoms with van der Waals surface area (Å²) in [5.41, 5.74) is 6.10. The highest BCUT2D eigenvalue weighted by Gasteiger charge is 2.11. The minimum absolute atomic E-state index is 0.0808. The van der Waals surface area contributed by atoms with Crippen LogP contribution in [0.1, 0.15) is 21.5 Å². The van der Waals surface area contributed by atoms with Crippen molar-refractivity contribution < 1.29 is 14.6 Å². The fourth-order valence-corrected chi connectivity index (χ4v) is 2.66. The number of carbonyl (C=O) groups excluding carboxylic acids is 1. The van der Waals surface area contributed by atoms with Crippen molar-refractivity contribution in [3.63, 3.8) is 0 Å². The number of amides is 1. The molecule has 1 amide bonds. The van der Waals surface area contributed by atoms with Crippen molar-refractivity contribution in [1.82, 2.24) is 5.43 Å². The van der Waals surface area contributed by atoms with Crippen LogP contribution in [-0.2, 0) is 0 Å². The molecular formula is C21H16N6O5. The number of nitro benzene ring substituents is 2. The maximum absolute atomic E-state index is 12.3. The van der Waals surface area contributed by atoms with Gasteiger partial charge in [0.25, 0.3) is 17.3 Å². The molecule has 0 unspecified atom stereocenters. The van der Waals surface area contributed by atoms with Gasteiger partial charge in [-0.15, -0.1) is 0 Å². The number of nitrogens with one attached hydrogen (secondary N) is 2. The van der Waals surface area contributed by atoms with E-state index >= 15 is 0 Å². The van der Waals surface area contributed by atoms with Crippen molar-refractivity contribution >= 4 is 35.4 Å². The topological polar surface area (TPSA) is 152 Å². The largest absolute Gasteiger partial charge is 0.278 e. The molecular weight excluding hydrogens is 416 g/mol. The lowest BCUT2D eigenvalue weighted by atomic mass is 10.2. The van der Waals surface area contributed by atoms with Gasteiger partial charge in [-0.3, -0.25) is 30.4 Å². The highest BCUT2D eigenvalue weighted by molar-refractivity contribution is 5.96. The van der Waals surface area contributed by atoms with Crippen LogP contribution >= 0.6 is 0 Å². The number of nitro groups is 2. The molecule has 0 fully saturated rings. The predicted molar refractivity (Wildman–Crippen MR) is 119 cm³/mol. The molecule has 32 heavy (non-hydrogen) atoms. The van der Waals surface area contributed by atoms with Crippen molar-refractivity contribution in [3.8, 4) is 0 Å². The number of hydrogen-bond acceptors (Lipinski definition) is 8. The minimum Gasteiger partial charge on any atom is -0.278 e. The number of carbonyl (C=O) groups is 1. The lowest BCUT2D eigenvalue weighted by molar-refractivity contribution is -0.385. The highest BCUT2D eigenvalue weighted by Crippen LogP contribution is 2.17. The Morgan fingerprint density at radius 1 is 0.781 bits per heavy atom. The van der Waals surface area contributed by atoms with Gasteiger partial charge in [0, 0.05) is 17.7 Å². The van der Waals surface area contributed by atoms with Crippen LogP contribution in [0.15, 0.2) is 83.0 Å². The van der Waals surface area contributed by atoms with Gasteiger partial charge in [-0.25, -0.2) is 5.43 Å². The number of anilines is 1. The Labute approximate surface area is 181 Å². The van der Waals surface area contributed by atoms with Gasteiger partial charge in [-0.05, 0) is 30.3 Å². The van der Waals surface area contributed by atoms with Crippen molar-refractivity contribution in [2.75, 3.05) is 5.43 Å². The second kappa shape index (κ2) is 10.2. The first-order valence-corrected chi connectivity index (χ1v) is 9.15. The summed E-state index contributed by atoms with van der Waals surface area (Å²) < 4.78 is 0. The molecule has 3 aromatic rings. The summed E-state index contributed by atoms with van der Waals surface area (Å²) in [4.78, 5) is 33.3. The van der Waals surface area contributed by atoms with Gasteiger partial charge in [-0.1, -0.05) is 30.3 Å². The summed E-state index contributed by atoms with van der Waals surface area (Å²) >= 11 is 0. The Balaban J connectivity index is 1.65. The molecule has 0 radical (unpaired) electrons. The summed E-state index contributed by atoms with van der Waals surface area (Å²) in [5.74, 6) is -0.536. The van der Waals surface area contributed by atoms with E-state index in [-0.39, 0.29) is 22.5 Å². The van der Waals surface area contributed by atoms with Crippen LogP contribution in [-0.4, -0.2) is 28.2 Å². The lowest BCUT2D eigenvalue weighted by Gasteiger charge is -2.04.